The number of benzene rings is 2. The van der Waals surface area contributed by atoms with Crippen molar-refractivity contribution in [3.05, 3.63) is 53.6 Å². The van der Waals surface area contributed by atoms with Crippen molar-refractivity contribution in [1.29, 1.82) is 5.26 Å². The van der Waals surface area contributed by atoms with Gasteiger partial charge in [0.2, 0.25) is 0 Å². The summed E-state index contributed by atoms with van der Waals surface area (Å²) in [6.45, 7) is 4.10. The van der Waals surface area contributed by atoms with Gasteiger partial charge >= 0.3 is 0 Å². The fourth-order valence-electron chi connectivity index (χ4n) is 2.42. The molecule has 0 aliphatic rings. The number of para-hydroxylation sites is 2. The Kier molecular flexibility index (Phi) is 2.57. The number of hydrogen-bond acceptors (Lipinski definition) is 2. The maximum Gasteiger partial charge on any atom is 0.190 e. The number of nitriles is 1. The normalized spacial score (nSPS) is 10.6. The van der Waals surface area contributed by atoms with Gasteiger partial charge in [-0.25, -0.2) is 9.55 Å². The molecule has 3 nitrogen and oxygen atoms in total. The molecule has 0 saturated heterocycles. The Morgan fingerprint density at radius 1 is 1.05 bits per heavy atom. The van der Waals surface area contributed by atoms with Crippen LogP contribution in [-0.4, -0.2) is 9.55 Å². The average molecular weight is 247 g/mol. The highest BCUT2D eigenvalue weighted by atomic mass is 15.1. The van der Waals surface area contributed by atoms with E-state index in [0.717, 1.165) is 16.6 Å². The fourth-order valence-corrected chi connectivity index (χ4v) is 2.42. The lowest BCUT2D eigenvalue weighted by atomic mass is 10.1. The van der Waals surface area contributed by atoms with Gasteiger partial charge in [0, 0.05) is 5.56 Å². The van der Waals surface area contributed by atoms with Crippen molar-refractivity contribution in [3.63, 3.8) is 0 Å². The summed E-state index contributed by atoms with van der Waals surface area (Å²) in [7, 11) is 0. The second kappa shape index (κ2) is 4.25. The number of rotatable bonds is 1. The van der Waals surface area contributed by atoms with Crippen LogP contribution in [0.4, 0.5) is 0 Å². The minimum absolute atomic E-state index is 0.704. The molecule has 0 radical (unpaired) electrons. The summed E-state index contributed by atoms with van der Waals surface area (Å²) in [6.07, 6.45) is 2.21. The zero-order valence-corrected chi connectivity index (χ0v) is 10.9. The number of aromatic nitrogens is 2. The lowest BCUT2D eigenvalue weighted by Crippen LogP contribution is -1.93. The van der Waals surface area contributed by atoms with Gasteiger partial charge in [0.1, 0.15) is 0 Å². The zero-order valence-electron chi connectivity index (χ0n) is 10.9. The first-order chi connectivity index (χ1) is 9.19. The smallest absolute Gasteiger partial charge is 0.190 e. The summed E-state index contributed by atoms with van der Waals surface area (Å²) >= 11 is 0. The van der Waals surface area contributed by atoms with Gasteiger partial charge in [0.05, 0.1) is 11.0 Å². The molecule has 0 bridgehead atoms. The summed E-state index contributed by atoms with van der Waals surface area (Å²) in [4.78, 5) is 4.58. The molecule has 0 unspecified atom stereocenters. The number of nitrogens with zero attached hydrogens (tertiary/aromatic N) is 3. The molecule has 92 valence electrons. The van der Waals surface area contributed by atoms with E-state index in [4.69, 9.17) is 0 Å². The standard InChI is InChI=1S/C16H13N3/c1-11-7-12(2)9-13(8-11)16-18-14-5-3-4-6-15(14)19(16)10-17/h3-9H,1-2H3. The molecule has 0 aliphatic heterocycles. The molecule has 0 amide bonds. The SMILES string of the molecule is Cc1cc(C)cc(-c2nc3ccccc3n2C#N)c1. The Labute approximate surface area is 111 Å². The number of imidazole rings is 1. The van der Waals surface area contributed by atoms with Gasteiger partial charge in [0.25, 0.3) is 0 Å². The van der Waals surface area contributed by atoms with Crippen molar-refractivity contribution in [1.82, 2.24) is 9.55 Å². The molecule has 0 aliphatic carbocycles. The zero-order chi connectivity index (χ0) is 13.4. The molecule has 0 N–H and O–H groups in total. The van der Waals surface area contributed by atoms with Crippen LogP contribution < -0.4 is 0 Å². The Morgan fingerprint density at radius 2 is 1.74 bits per heavy atom. The highest BCUT2D eigenvalue weighted by molar-refractivity contribution is 5.81. The van der Waals surface area contributed by atoms with Gasteiger partial charge in [-0.2, -0.15) is 5.26 Å². The maximum absolute atomic E-state index is 9.38. The van der Waals surface area contributed by atoms with Gasteiger partial charge in [-0.15, -0.1) is 0 Å². The molecular formula is C16H13N3. The second-order valence-corrected chi connectivity index (χ2v) is 4.74. The minimum Gasteiger partial charge on any atom is -0.228 e. The van der Waals surface area contributed by atoms with Crippen molar-refractivity contribution in [2.75, 3.05) is 0 Å². The Bertz CT molecular complexity index is 786. The predicted molar refractivity (Wildman–Crippen MR) is 75.7 cm³/mol. The van der Waals surface area contributed by atoms with E-state index in [1.165, 1.54) is 11.1 Å². The van der Waals surface area contributed by atoms with Crippen LogP contribution in [0.2, 0.25) is 0 Å². The topological polar surface area (TPSA) is 41.6 Å². The summed E-state index contributed by atoms with van der Waals surface area (Å²) in [5.41, 5.74) is 5.02. The number of fused-ring (bicyclic) bond motifs is 1. The van der Waals surface area contributed by atoms with Gasteiger partial charge < -0.3 is 0 Å². The summed E-state index contributed by atoms with van der Waals surface area (Å²) in [5, 5.41) is 9.38. The van der Waals surface area contributed by atoms with E-state index in [9.17, 15) is 5.26 Å². The quantitative estimate of drug-likeness (QED) is 0.658. The monoisotopic (exact) mass is 247 g/mol. The van der Waals surface area contributed by atoms with Gasteiger partial charge in [-0.05, 0) is 38.1 Å². The van der Waals surface area contributed by atoms with E-state index >= 15 is 0 Å². The van der Waals surface area contributed by atoms with Crippen molar-refractivity contribution in [2.45, 2.75) is 13.8 Å². The van der Waals surface area contributed by atoms with E-state index in [2.05, 4.69) is 43.2 Å². The first-order valence-electron chi connectivity index (χ1n) is 6.15. The van der Waals surface area contributed by atoms with Crippen LogP contribution in [0.25, 0.3) is 22.4 Å². The molecule has 3 heteroatoms. The van der Waals surface area contributed by atoms with Crippen LogP contribution in [-0.2, 0) is 0 Å². The molecule has 0 atom stereocenters. The van der Waals surface area contributed by atoms with E-state index in [-0.39, 0.29) is 0 Å². The Morgan fingerprint density at radius 3 is 2.42 bits per heavy atom. The molecule has 3 aromatic rings. The minimum atomic E-state index is 0.704. The number of aryl methyl sites for hydroxylation is 2. The van der Waals surface area contributed by atoms with Gasteiger partial charge in [-0.1, -0.05) is 29.3 Å². The lowest BCUT2D eigenvalue weighted by Gasteiger charge is -2.03. The average Bonchev–Trinajstić information content (AvgIpc) is 2.76. The second-order valence-electron chi connectivity index (χ2n) is 4.74. The van der Waals surface area contributed by atoms with E-state index in [1.807, 2.05) is 24.3 Å². The van der Waals surface area contributed by atoms with Crippen LogP contribution in [0.3, 0.4) is 0 Å². The largest absolute Gasteiger partial charge is 0.228 e. The molecule has 2 aromatic carbocycles. The van der Waals surface area contributed by atoms with Gasteiger partial charge in [0.15, 0.2) is 12.0 Å². The third-order valence-corrected chi connectivity index (χ3v) is 3.14. The van der Waals surface area contributed by atoms with Crippen molar-refractivity contribution < 1.29 is 0 Å². The molecule has 0 saturated carbocycles. The highest BCUT2D eigenvalue weighted by Gasteiger charge is 2.12. The Hall–Kier alpha value is -2.60. The molecule has 1 aromatic heterocycles. The first-order valence-corrected chi connectivity index (χ1v) is 6.15. The molecule has 1 heterocycles. The van der Waals surface area contributed by atoms with Crippen LogP contribution >= 0.6 is 0 Å². The van der Waals surface area contributed by atoms with Crippen molar-refractivity contribution in [3.8, 4) is 17.6 Å². The molecule has 3 rings (SSSR count). The van der Waals surface area contributed by atoms with Crippen LogP contribution in [0.1, 0.15) is 11.1 Å². The van der Waals surface area contributed by atoms with Gasteiger partial charge in [-0.3, -0.25) is 0 Å². The summed E-state index contributed by atoms with van der Waals surface area (Å²) in [5.74, 6) is 0.704. The summed E-state index contributed by atoms with van der Waals surface area (Å²) < 4.78 is 1.59. The Balaban J connectivity index is 2.33. The molecule has 0 fully saturated rings. The van der Waals surface area contributed by atoms with Crippen molar-refractivity contribution in [2.24, 2.45) is 0 Å². The molecule has 19 heavy (non-hydrogen) atoms. The highest BCUT2D eigenvalue weighted by Crippen LogP contribution is 2.25. The summed E-state index contributed by atoms with van der Waals surface area (Å²) in [6, 6.07) is 13.9. The van der Waals surface area contributed by atoms with E-state index in [1.54, 1.807) is 4.57 Å². The fraction of sp³-hybridized carbons (Fsp3) is 0.125. The van der Waals surface area contributed by atoms with Crippen LogP contribution in [0, 0.1) is 25.3 Å². The molecular weight excluding hydrogens is 234 g/mol. The number of hydrogen-bond donors (Lipinski definition) is 0. The predicted octanol–water partition coefficient (Wildman–Crippen LogP) is 3.65. The van der Waals surface area contributed by atoms with Crippen molar-refractivity contribution >= 4 is 11.0 Å². The van der Waals surface area contributed by atoms with Crippen LogP contribution in [0.15, 0.2) is 42.5 Å². The first kappa shape index (κ1) is 11.5. The molecule has 0 spiro atoms. The third kappa shape index (κ3) is 1.88. The van der Waals surface area contributed by atoms with E-state index in [0.29, 0.717) is 5.82 Å². The third-order valence-electron chi connectivity index (χ3n) is 3.14. The lowest BCUT2D eigenvalue weighted by molar-refractivity contribution is 1.12. The van der Waals surface area contributed by atoms with Crippen LogP contribution in [0.5, 0.6) is 0 Å². The van der Waals surface area contributed by atoms with E-state index < -0.39 is 0 Å². The maximum atomic E-state index is 9.38.